The summed E-state index contributed by atoms with van der Waals surface area (Å²) in [6.45, 7) is 2.04. The van der Waals surface area contributed by atoms with Crippen molar-refractivity contribution in [1.82, 2.24) is 4.98 Å². The third kappa shape index (κ3) is 2.08. The first-order valence-electron chi connectivity index (χ1n) is 6.20. The standard InChI is InChI=1S/C16H14FNO/c1-10(11-2-4-13(17)5-3-11)12-8-15-14(6-7-18-15)16(19)9-12/h2-10,18-19H,1H3. The second-order valence-electron chi connectivity index (χ2n) is 4.75. The van der Waals surface area contributed by atoms with E-state index in [0.717, 1.165) is 22.0 Å². The minimum absolute atomic E-state index is 0.0965. The molecule has 0 fully saturated rings. The lowest BCUT2D eigenvalue weighted by atomic mass is 9.92. The number of halogens is 1. The molecule has 0 radical (unpaired) electrons. The van der Waals surface area contributed by atoms with Crippen molar-refractivity contribution in [1.29, 1.82) is 0 Å². The van der Waals surface area contributed by atoms with Gasteiger partial charge in [-0.2, -0.15) is 0 Å². The third-order valence-corrected chi connectivity index (χ3v) is 3.54. The molecule has 0 saturated carbocycles. The Hall–Kier alpha value is -2.29. The molecular weight excluding hydrogens is 241 g/mol. The van der Waals surface area contributed by atoms with Gasteiger partial charge in [-0.15, -0.1) is 0 Å². The first kappa shape index (κ1) is 11.8. The summed E-state index contributed by atoms with van der Waals surface area (Å²) in [7, 11) is 0. The van der Waals surface area contributed by atoms with Gasteiger partial charge in [0.1, 0.15) is 11.6 Å². The highest BCUT2D eigenvalue weighted by atomic mass is 19.1. The Labute approximate surface area is 110 Å². The SMILES string of the molecule is CC(c1ccc(F)cc1)c1cc(O)c2cc[nH]c2c1. The van der Waals surface area contributed by atoms with Gasteiger partial charge in [-0.1, -0.05) is 19.1 Å². The minimum Gasteiger partial charge on any atom is -0.507 e. The van der Waals surface area contributed by atoms with Gasteiger partial charge in [0.2, 0.25) is 0 Å². The molecule has 1 unspecified atom stereocenters. The Morgan fingerprint density at radius 2 is 1.79 bits per heavy atom. The van der Waals surface area contributed by atoms with Crippen molar-refractivity contribution in [2.75, 3.05) is 0 Å². The van der Waals surface area contributed by atoms with Crippen LogP contribution >= 0.6 is 0 Å². The number of benzene rings is 2. The molecule has 3 aromatic rings. The number of phenolic OH excluding ortho intramolecular Hbond substituents is 1. The van der Waals surface area contributed by atoms with Gasteiger partial charge in [0.25, 0.3) is 0 Å². The predicted octanol–water partition coefficient (Wildman–Crippen LogP) is 4.16. The highest BCUT2D eigenvalue weighted by Crippen LogP contribution is 2.32. The average molecular weight is 255 g/mol. The molecule has 1 aromatic heterocycles. The minimum atomic E-state index is -0.237. The van der Waals surface area contributed by atoms with Crippen LogP contribution in [0.25, 0.3) is 10.9 Å². The molecule has 0 saturated heterocycles. The van der Waals surface area contributed by atoms with Gasteiger partial charge in [0, 0.05) is 23.0 Å². The number of aromatic hydroxyl groups is 1. The number of hydrogen-bond donors (Lipinski definition) is 2. The molecule has 1 atom stereocenters. The topological polar surface area (TPSA) is 36.0 Å². The Morgan fingerprint density at radius 3 is 2.53 bits per heavy atom. The van der Waals surface area contributed by atoms with Crippen molar-refractivity contribution in [3.05, 3.63) is 65.6 Å². The Morgan fingerprint density at radius 1 is 1.05 bits per heavy atom. The number of aromatic nitrogens is 1. The van der Waals surface area contributed by atoms with E-state index >= 15 is 0 Å². The molecule has 2 nitrogen and oxygen atoms in total. The molecule has 0 aliphatic carbocycles. The zero-order valence-corrected chi connectivity index (χ0v) is 10.5. The fourth-order valence-corrected chi connectivity index (χ4v) is 2.36. The smallest absolute Gasteiger partial charge is 0.125 e. The number of H-pyrrole nitrogens is 1. The second-order valence-corrected chi connectivity index (χ2v) is 4.75. The van der Waals surface area contributed by atoms with E-state index in [9.17, 15) is 9.50 Å². The van der Waals surface area contributed by atoms with Crippen molar-refractivity contribution in [2.45, 2.75) is 12.8 Å². The van der Waals surface area contributed by atoms with E-state index in [0.29, 0.717) is 0 Å². The number of aromatic amines is 1. The number of hydrogen-bond acceptors (Lipinski definition) is 1. The lowest BCUT2D eigenvalue weighted by Gasteiger charge is -2.13. The van der Waals surface area contributed by atoms with Crippen LogP contribution in [0.1, 0.15) is 24.0 Å². The van der Waals surface area contributed by atoms with E-state index in [-0.39, 0.29) is 17.5 Å². The van der Waals surface area contributed by atoms with Crippen LogP contribution < -0.4 is 0 Å². The van der Waals surface area contributed by atoms with Crippen LogP contribution in [0.4, 0.5) is 4.39 Å². The van der Waals surface area contributed by atoms with Crippen LogP contribution in [0, 0.1) is 5.82 Å². The third-order valence-electron chi connectivity index (χ3n) is 3.54. The summed E-state index contributed by atoms with van der Waals surface area (Å²) in [5, 5.41) is 10.8. The second kappa shape index (κ2) is 4.43. The summed E-state index contributed by atoms with van der Waals surface area (Å²) in [5.74, 6) is 0.125. The highest BCUT2D eigenvalue weighted by molar-refractivity contribution is 5.86. The van der Waals surface area contributed by atoms with Crippen molar-refractivity contribution in [2.24, 2.45) is 0 Å². The number of rotatable bonds is 2. The first-order valence-corrected chi connectivity index (χ1v) is 6.20. The Bertz CT molecular complexity index is 715. The van der Waals surface area contributed by atoms with Gasteiger partial charge >= 0.3 is 0 Å². The van der Waals surface area contributed by atoms with E-state index in [2.05, 4.69) is 4.98 Å². The predicted molar refractivity (Wildman–Crippen MR) is 73.9 cm³/mol. The van der Waals surface area contributed by atoms with Gasteiger partial charge in [0.15, 0.2) is 0 Å². The van der Waals surface area contributed by atoms with Crippen LogP contribution in [-0.2, 0) is 0 Å². The molecule has 3 rings (SSSR count). The zero-order valence-electron chi connectivity index (χ0n) is 10.5. The van der Waals surface area contributed by atoms with Crippen LogP contribution in [0.3, 0.4) is 0 Å². The Balaban J connectivity index is 2.05. The maximum Gasteiger partial charge on any atom is 0.125 e. The van der Waals surface area contributed by atoms with Gasteiger partial charge < -0.3 is 10.1 Å². The first-order chi connectivity index (χ1) is 9.15. The summed E-state index contributed by atoms with van der Waals surface area (Å²) in [5.41, 5.74) is 2.93. The van der Waals surface area contributed by atoms with Crippen LogP contribution in [0.5, 0.6) is 5.75 Å². The quantitative estimate of drug-likeness (QED) is 0.708. The normalized spacial score (nSPS) is 12.7. The summed E-state index contributed by atoms with van der Waals surface area (Å²) in [6.07, 6.45) is 1.80. The van der Waals surface area contributed by atoms with Gasteiger partial charge in [-0.3, -0.25) is 0 Å². The van der Waals surface area contributed by atoms with Crippen LogP contribution in [0.2, 0.25) is 0 Å². The van der Waals surface area contributed by atoms with Crippen molar-refractivity contribution >= 4 is 10.9 Å². The maximum atomic E-state index is 12.9. The maximum absolute atomic E-state index is 12.9. The van der Waals surface area contributed by atoms with Crippen molar-refractivity contribution in [3.8, 4) is 5.75 Å². The highest BCUT2D eigenvalue weighted by Gasteiger charge is 2.12. The molecule has 0 spiro atoms. The summed E-state index contributed by atoms with van der Waals surface area (Å²) in [4.78, 5) is 3.10. The van der Waals surface area contributed by atoms with Crippen LogP contribution in [-0.4, -0.2) is 10.1 Å². The monoisotopic (exact) mass is 255 g/mol. The number of phenols is 1. The molecule has 0 aliphatic heterocycles. The molecule has 0 aliphatic rings. The van der Waals surface area contributed by atoms with Gasteiger partial charge in [-0.25, -0.2) is 4.39 Å². The Kier molecular flexibility index (Phi) is 2.75. The summed E-state index contributed by atoms with van der Waals surface area (Å²) < 4.78 is 12.9. The van der Waals surface area contributed by atoms with E-state index in [4.69, 9.17) is 0 Å². The zero-order chi connectivity index (χ0) is 13.4. The van der Waals surface area contributed by atoms with Gasteiger partial charge in [0.05, 0.1) is 0 Å². The van der Waals surface area contributed by atoms with E-state index in [1.807, 2.05) is 19.1 Å². The summed E-state index contributed by atoms with van der Waals surface area (Å²) in [6, 6.07) is 12.1. The largest absolute Gasteiger partial charge is 0.507 e. The van der Waals surface area contributed by atoms with Gasteiger partial charge in [-0.05, 0) is 41.5 Å². The molecule has 0 bridgehead atoms. The van der Waals surface area contributed by atoms with E-state index in [1.54, 1.807) is 24.4 Å². The van der Waals surface area contributed by atoms with E-state index < -0.39 is 0 Å². The molecule has 0 amide bonds. The fourth-order valence-electron chi connectivity index (χ4n) is 2.36. The molecule has 1 heterocycles. The lowest BCUT2D eigenvalue weighted by Crippen LogP contribution is -1.96. The molecule has 96 valence electrons. The van der Waals surface area contributed by atoms with Crippen molar-refractivity contribution < 1.29 is 9.50 Å². The summed E-state index contributed by atoms with van der Waals surface area (Å²) >= 11 is 0. The number of fused-ring (bicyclic) bond motifs is 1. The molecule has 3 heteroatoms. The fraction of sp³-hybridized carbons (Fsp3) is 0.125. The molecular formula is C16H14FNO. The average Bonchev–Trinajstić information content (AvgIpc) is 2.87. The molecule has 19 heavy (non-hydrogen) atoms. The molecule has 2 aromatic carbocycles. The lowest BCUT2D eigenvalue weighted by molar-refractivity contribution is 0.480. The number of nitrogens with one attached hydrogen (secondary N) is 1. The van der Waals surface area contributed by atoms with E-state index in [1.165, 1.54) is 12.1 Å². The van der Waals surface area contributed by atoms with Crippen molar-refractivity contribution in [3.63, 3.8) is 0 Å². The molecule has 2 N–H and O–H groups in total. The van der Waals surface area contributed by atoms with Crippen LogP contribution in [0.15, 0.2) is 48.7 Å².